The van der Waals surface area contributed by atoms with E-state index in [0.717, 1.165) is 19.3 Å². The lowest BCUT2D eigenvalue weighted by molar-refractivity contribution is 0.594. The lowest BCUT2D eigenvalue weighted by Gasteiger charge is -2.06. The van der Waals surface area contributed by atoms with E-state index in [4.69, 9.17) is 11.3 Å². The van der Waals surface area contributed by atoms with Crippen LogP contribution in [0.4, 0.5) is 0 Å². The molecule has 0 fully saturated rings. The van der Waals surface area contributed by atoms with Crippen LogP contribution in [0.2, 0.25) is 0 Å². The van der Waals surface area contributed by atoms with E-state index in [0.29, 0.717) is 0 Å². The molecule has 8 heavy (non-hydrogen) atoms. The summed E-state index contributed by atoms with van der Waals surface area (Å²) in [6, 6.07) is 0. The molecule has 3 heteroatoms. The summed E-state index contributed by atoms with van der Waals surface area (Å²) in [7, 11) is 0. The Morgan fingerprint density at radius 3 is 2.75 bits per heavy atom. The average molecular weight is 114 g/mol. The maximum absolute atomic E-state index is 8.06. The summed E-state index contributed by atoms with van der Waals surface area (Å²) in [6.07, 6.45) is 2.55. The van der Waals surface area contributed by atoms with Gasteiger partial charge in [-0.15, -0.1) is 0 Å². The molecule has 48 valence electrons. The molecule has 0 rings (SSSR count). The lowest BCUT2D eigenvalue weighted by atomic mass is 10.2. The highest BCUT2D eigenvalue weighted by molar-refractivity contribution is 4.54. The molecule has 0 bridgehead atoms. The molecule has 0 saturated carbocycles. The molecular formula is C5H12N3-. The summed E-state index contributed by atoms with van der Waals surface area (Å²) >= 11 is 0. The van der Waals surface area contributed by atoms with Gasteiger partial charge in [0.1, 0.15) is 0 Å². The molecule has 0 aromatic carbocycles. The van der Waals surface area contributed by atoms with Gasteiger partial charge in [0, 0.05) is 0 Å². The predicted octanol–water partition coefficient (Wildman–Crippen LogP) is 1.48. The fraction of sp³-hybridized carbons (Fsp3) is 1.00. The van der Waals surface area contributed by atoms with E-state index in [1.807, 2.05) is 0 Å². The summed E-state index contributed by atoms with van der Waals surface area (Å²) < 4.78 is 0. The Morgan fingerprint density at radius 1 is 1.75 bits per heavy atom. The Kier molecular flexibility index (Phi) is 4.45. The third-order valence-corrected chi connectivity index (χ3v) is 1.00. The van der Waals surface area contributed by atoms with E-state index in [9.17, 15) is 0 Å². The third-order valence-electron chi connectivity index (χ3n) is 1.00. The van der Waals surface area contributed by atoms with Crippen molar-refractivity contribution < 1.29 is 0 Å². The maximum atomic E-state index is 8.06. The lowest BCUT2D eigenvalue weighted by Crippen LogP contribution is -2.14. The van der Waals surface area contributed by atoms with Gasteiger partial charge in [-0.2, -0.15) is 0 Å². The SMILES string of the molecule is CCCCC(N)N=[N-]. The van der Waals surface area contributed by atoms with Gasteiger partial charge in [0.15, 0.2) is 0 Å². The van der Waals surface area contributed by atoms with Crippen LogP contribution in [0.5, 0.6) is 0 Å². The first-order valence-corrected chi connectivity index (χ1v) is 2.91. The highest BCUT2D eigenvalue weighted by Crippen LogP contribution is 1.97. The van der Waals surface area contributed by atoms with Gasteiger partial charge in [0.05, 0.1) is 6.17 Å². The molecule has 0 aromatic heterocycles. The smallest absolute Gasteiger partial charge is 0.0747 e. The van der Waals surface area contributed by atoms with Crippen molar-refractivity contribution in [2.45, 2.75) is 32.4 Å². The topological polar surface area (TPSA) is 60.7 Å². The Morgan fingerprint density at radius 2 is 2.38 bits per heavy atom. The molecule has 0 heterocycles. The molecule has 0 aromatic rings. The molecule has 0 aliphatic rings. The van der Waals surface area contributed by atoms with Gasteiger partial charge >= 0.3 is 0 Å². The minimum absolute atomic E-state index is 0.366. The quantitative estimate of drug-likeness (QED) is 0.553. The van der Waals surface area contributed by atoms with Crippen molar-refractivity contribution in [1.82, 2.24) is 0 Å². The first-order chi connectivity index (χ1) is 3.81. The van der Waals surface area contributed by atoms with Crippen LogP contribution in [-0.4, -0.2) is 6.17 Å². The normalized spacial score (nSPS) is 13.2. The number of nitrogens with zero attached hydrogens (tertiary/aromatic N) is 2. The molecule has 0 spiro atoms. The Labute approximate surface area is 49.8 Å². The van der Waals surface area contributed by atoms with Gasteiger partial charge in [-0.1, -0.05) is 19.8 Å². The number of unbranched alkanes of at least 4 members (excludes halogenated alkanes) is 1. The number of hydrogen-bond donors (Lipinski definition) is 1. The number of rotatable bonds is 4. The van der Waals surface area contributed by atoms with Gasteiger partial charge in [-0.05, 0) is 6.42 Å². The zero-order valence-corrected chi connectivity index (χ0v) is 5.17. The number of nitrogens with two attached hydrogens (primary N) is 1. The largest absolute Gasteiger partial charge is 0.711 e. The Hall–Kier alpha value is -0.440. The fourth-order valence-corrected chi connectivity index (χ4v) is 0.471. The fourth-order valence-electron chi connectivity index (χ4n) is 0.471. The molecule has 1 atom stereocenters. The summed E-state index contributed by atoms with van der Waals surface area (Å²) in [5.74, 6) is 0. The van der Waals surface area contributed by atoms with Gasteiger partial charge in [0.2, 0.25) is 0 Å². The summed E-state index contributed by atoms with van der Waals surface area (Å²) in [5, 5.41) is 2.90. The first-order valence-electron chi connectivity index (χ1n) is 2.91. The zero-order valence-electron chi connectivity index (χ0n) is 5.17. The molecule has 0 radical (unpaired) electrons. The van der Waals surface area contributed by atoms with Gasteiger partial charge in [-0.25, -0.2) is 0 Å². The minimum Gasteiger partial charge on any atom is -0.711 e. The zero-order chi connectivity index (χ0) is 6.41. The standard InChI is InChI=1S/C5H12N3/c1-2-3-4-5(6)8-7/h5H,2-4,6H2,1H3/q-1. The third kappa shape index (κ3) is 3.74. The number of hydrogen-bond acceptors (Lipinski definition) is 2. The van der Waals surface area contributed by atoms with Gasteiger partial charge < -0.3 is 16.4 Å². The van der Waals surface area contributed by atoms with E-state index in [-0.39, 0.29) is 6.17 Å². The second kappa shape index (κ2) is 4.71. The highest BCUT2D eigenvalue weighted by atomic mass is 15.1. The van der Waals surface area contributed by atoms with Crippen molar-refractivity contribution >= 4 is 0 Å². The van der Waals surface area contributed by atoms with Gasteiger partial charge in [0.25, 0.3) is 0 Å². The van der Waals surface area contributed by atoms with Crippen molar-refractivity contribution in [2.24, 2.45) is 10.8 Å². The average Bonchev–Trinajstić information content (AvgIpc) is 1.83. The van der Waals surface area contributed by atoms with Crippen molar-refractivity contribution in [1.29, 1.82) is 0 Å². The molecule has 0 amide bonds. The van der Waals surface area contributed by atoms with Crippen LogP contribution in [0.15, 0.2) is 5.11 Å². The highest BCUT2D eigenvalue weighted by Gasteiger charge is 1.90. The van der Waals surface area contributed by atoms with E-state index in [1.165, 1.54) is 0 Å². The van der Waals surface area contributed by atoms with Crippen LogP contribution in [-0.2, 0) is 0 Å². The van der Waals surface area contributed by atoms with Crippen LogP contribution in [0, 0.1) is 0 Å². The summed E-state index contributed by atoms with van der Waals surface area (Å²) in [5.41, 5.74) is 13.3. The second-order valence-electron chi connectivity index (χ2n) is 1.83. The molecule has 3 nitrogen and oxygen atoms in total. The van der Waals surface area contributed by atoms with E-state index >= 15 is 0 Å². The molecule has 0 aliphatic heterocycles. The molecule has 1 unspecified atom stereocenters. The van der Waals surface area contributed by atoms with Crippen LogP contribution in [0.1, 0.15) is 26.2 Å². The van der Waals surface area contributed by atoms with Crippen molar-refractivity contribution in [3.8, 4) is 0 Å². The van der Waals surface area contributed by atoms with E-state index in [2.05, 4.69) is 12.0 Å². The van der Waals surface area contributed by atoms with E-state index < -0.39 is 0 Å². The summed E-state index contributed by atoms with van der Waals surface area (Å²) in [4.78, 5) is 0. The van der Waals surface area contributed by atoms with Crippen molar-refractivity contribution in [3.05, 3.63) is 5.53 Å². The monoisotopic (exact) mass is 114 g/mol. The van der Waals surface area contributed by atoms with Crippen LogP contribution in [0.3, 0.4) is 0 Å². The molecule has 0 aliphatic carbocycles. The van der Waals surface area contributed by atoms with Crippen molar-refractivity contribution in [2.75, 3.05) is 0 Å². The van der Waals surface area contributed by atoms with Gasteiger partial charge in [-0.3, -0.25) is 0 Å². The second-order valence-corrected chi connectivity index (χ2v) is 1.83. The first kappa shape index (κ1) is 7.56. The minimum atomic E-state index is -0.366. The van der Waals surface area contributed by atoms with Crippen molar-refractivity contribution in [3.63, 3.8) is 0 Å². The Balaban J connectivity index is 2.98. The van der Waals surface area contributed by atoms with Crippen LogP contribution in [0.25, 0.3) is 5.53 Å². The molecular weight excluding hydrogens is 102 g/mol. The van der Waals surface area contributed by atoms with Crippen LogP contribution >= 0.6 is 0 Å². The Bertz CT molecular complexity index is 62.7. The summed E-state index contributed by atoms with van der Waals surface area (Å²) in [6.45, 7) is 2.07. The molecule has 2 N–H and O–H groups in total. The molecule has 0 saturated heterocycles. The maximum Gasteiger partial charge on any atom is 0.0747 e. The van der Waals surface area contributed by atoms with Crippen LogP contribution < -0.4 is 5.73 Å². The predicted molar refractivity (Wildman–Crippen MR) is 33.3 cm³/mol. The van der Waals surface area contributed by atoms with E-state index in [1.54, 1.807) is 0 Å².